The van der Waals surface area contributed by atoms with E-state index in [9.17, 15) is 14.4 Å². The number of carbonyl (C=O) groups is 2. The maximum atomic E-state index is 12.0. The molecule has 0 saturated heterocycles. The van der Waals surface area contributed by atoms with Gasteiger partial charge in [0.1, 0.15) is 0 Å². The smallest absolute Gasteiger partial charge is 0.315 e. The molecule has 0 atom stereocenters. The summed E-state index contributed by atoms with van der Waals surface area (Å²) in [6.45, 7) is 3.88. The van der Waals surface area contributed by atoms with Crippen molar-refractivity contribution in [2.24, 2.45) is 5.92 Å². The Labute approximate surface area is 141 Å². The van der Waals surface area contributed by atoms with Gasteiger partial charge in [0.2, 0.25) is 5.91 Å². The average molecular weight is 334 g/mol. The number of pyridine rings is 1. The van der Waals surface area contributed by atoms with Crippen LogP contribution in [0.15, 0.2) is 10.9 Å². The van der Waals surface area contributed by atoms with Crippen LogP contribution in [0.3, 0.4) is 0 Å². The third-order valence-corrected chi connectivity index (χ3v) is 4.60. The van der Waals surface area contributed by atoms with Crippen molar-refractivity contribution in [3.8, 4) is 0 Å². The van der Waals surface area contributed by atoms with Gasteiger partial charge in [0.25, 0.3) is 5.56 Å². The Hall–Kier alpha value is -2.31. The average Bonchev–Trinajstić information content (AvgIpc) is 2.53. The maximum Gasteiger partial charge on any atom is 0.315 e. The van der Waals surface area contributed by atoms with Crippen LogP contribution in [-0.2, 0) is 11.3 Å². The largest absolute Gasteiger partial charge is 0.359 e. The van der Waals surface area contributed by atoms with Gasteiger partial charge in [-0.1, -0.05) is 0 Å². The fourth-order valence-electron chi connectivity index (χ4n) is 3.21. The SMILES string of the molecule is CNC(=O)C1CCC(NC(=O)NCc2c(C)cc(C)[nH]c2=O)CC1. The minimum Gasteiger partial charge on any atom is -0.359 e. The van der Waals surface area contributed by atoms with E-state index in [2.05, 4.69) is 20.9 Å². The number of H-pyrrole nitrogens is 1. The first-order valence-corrected chi connectivity index (χ1v) is 8.36. The number of nitrogens with one attached hydrogen (secondary N) is 4. The van der Waals surface area contributed by atoms with Crippen molar-refractivity contribution in [2.45, 2.75) is 52.1 Å². The Morgan fingerprint density at radius 3 is 2.46 bits per heavy atom. The predicted molar refractivity (Wildman–Crippen MR) is 91.7 cm³/mol. The summed E-state index contributed by atoms with van der Waals surface area (Å²) in [4.78, 5) is 38.3. The van der Waals surface area contributed by atoms with E-state index in [1.807, 2.05) is 19.9 Å². The molecule has 0 aromatic carbocycles. The number of hydrogen-bond acceptors (Lipinski definition) is 3. The molecule has 0 radical (unpaired) electrons. The summed E-state index contributed by atoms with van der Waals surface area (Å²) < 4.78 is 0. The van der Waals surface area contributed by atoms with Crippen LogP contribution < -0.4 is 21.5 Å². The summed E-state index contributed by atoms with van der Waals surface area (Å²) in [7, 11) is 1.65. The van der Waals surface area contributed by atoms with E-state index in [1.54, 1.807) is 7.05 Å². The molecule has 3 amide bonds. The Morgan fingerprint density at radius 1 is 1.21 bits per heavy atom. The summed E-state index contributed by atoms with van der Waals surface area (Å²) in [5.74, 6) is 0.122. The van der Waals surface area contributed by atoms with Gasteiger partial charge in [0.15, 0.2) is 0 Å². The number of carbonyl (C=O) groups excluding carboxylic acids is 2. The van der Waals surface area contributed by atoms with Crippen LogP contribution >= 0.6 is 0 Å². The Bertz CT molecular complexity index is 660. The second-order valence-corrected chi connectivity index (χ2v) is 6.43. The normalized spacial score (nSPS) is 20.3. The molecule has 132 valence electrons. The van der Waals surface area contributed by atoms with Crippen LogP contribution in [0.1, 0.15) is 42.5 Å². The molecule has 24 heavy (non-hydrogen) atoms. The van der Waals surface area contributed by atoms with Gasteiger partial charge in [-0.15, -0.1) is 0 Å². The van der Waals surface area contributed by atoms with Crippen molar-refractivity contribution in [3.05, 3.63) is 33.2 Å². The highest BCUT2D eigenvalue weighted by molar-refractivity contribution is 5.78. The monoisotopic (exact) mass is 334 g/mol. The molecule has 1 saturated carbocycles. The lowest BCUT2D eigenvalue weighted by Crippen LogP contribution is -2.45. The molecule has 7 nitrogen and oxygen atoms in total. The molecule has 1 aromatic heterocycles. The maximum absolute atomic E-state index is 12.0. The molecule has 2 rings (SSSR count). The minimum atomic E-state index is -0.280. The van der Waals surface area contributed by atoms with Crippen LogP contribution in [0.5, 0.6) is 0 Å². The van der Waals surface area contributed by atoms with Crippen LogP contribution in [0, 0.1) is 19.8 Å². The van der Waals surface area contributed by atoms with Crippen molar-refractivity contribution in [3.63, 3.8) is 0 Å². The number of rotatable bonds is 4. The van der Waals surface area contributed by atoms with E-state index in [0.717, 1.165) is 36.9 Å². The highest BCUT2D eigenvalue weighted by Gasteiger charge is 2.26. The zero-order valence-electron chi connectivity index (χ0n) is 14.5. The van der Waals surface area contributed by atoms with E-state index in [0.29, 0.717) is 5.56 Å². The third-order valence-electron chi connectivity index (χ3n) is 4.60. The van der Waals surface area contributed by atoms with Crippen LogP contribution in [0.2, 0.25) is 0 Å². The van der Waals surface area contributed by atoms with Crippen molar-refractivity contribution in [1.82, 2.24) is 20.9 Å². The van der Waals surface area contributed by atoms with E-state index >= 15 is 0 Å². The lowest BCUT2D eigenvalue weighted by atomic mass is 9.85. The van der Waals surface area contributed by atoms with Gasteiger partial charge in [0, 0.05) is 30.3 Å². The van der Waals surface area contributed by atoms with E-state index in [-0.39, 0.29) is 36.0 Å². The fraction of sp³-hybridized carbons (Fsp3) is 0.588. The second-order valence-electron chi connectivity index (χ2n) is 6.43. The highest BCUT2D eigenvalue weighted by atomic mass is 16.2. The molecular weight excluding hydrogens is 308 g/mol. The highest BCUT2D eigenvalue weighted by Crippen LogP contribution is 2.24. The minimum absolute atomic E-state index is 0.0462. The molecule has 7 heteroatoms. The number of aromatic nitrogens is 1. The molecule has 0 aliphatic heterocycles. The van der Waals surface area contributed by atoms with Gasteiger partial charge in [-0.25, -0.2) is 4.79 Å². The molecule has 1 aliphatic carbocycles. The molecule has 0 bridgehead atoms. The van der Waals surface area contributed by atoms with Crippen LogP contribution in [0.25, 0.3) is 0 Å². The Balaban J connectivity index is 1.81. The summed E-state index contributed by atoms with van der Waals surface area (Å²) in [6.07, 6.45) is 3.13. The van der Waals surface area contributed by atoms with Gasteiger partial charge in [0.05, 0.1) is 6.54 Å². The standard InChI is InChI=1S/C17H26N4O3/c1-10-8-11(2)20-16(23)14(10)9-19-17(24)21-13-6-4-12(5-7-13)15(22)18-3/h8,12-13H,4-7,9H2,1-3H3,(H,18,22)(H,20,23)(H2,19,21,24). The first-order chi connectivity index (χ1) is 11.4. The van der Waals surface area contributed by atoms with E-state index in [1.165, 1.54) is 0 Å². The van der Waals surface area contributed by atoms with Crippen LogP contribution in [-0.4, -0.2) is 30.0 Å². The van der Waals surface area contributed by atoms with Crippen LogP contribution in [0.4, 0.5) is 4.79 Å². The summed E-state index contributed by atoms with van der Waals surface area (Å²) in [5.41, 5.74) is 2.07. The quantitative estimate of drug-likeness (QED) is 0.663. The summed E-state index contributed by atoms with van der Waals surface area (Å²) in [5, 5.41) is 8.34. The zero-order valence-corrected chi connectivity index (χ0v) is 14.5. The van der Waals surface area contributed by atoms with Crippen molar-refractivity contribution >= 4 is 11.9 Å². The predicted octanol–water partition coefficient (Wildman–Crippen LogP) is 1.10. The first kappa shape index (κ1) is 18.0. The van der Waals surface area contributed by atoms with Crippen molar-refractivity contribution < 1.29 is 9.59 Å². The Kier molecular flexibility index (Phi) is 6.00. The fourth-order valence-corrected chi connectivity index (χ4v) is 3.21. The molecule has 1 aromatic rings. The first-order valence-electron chi connectivity index (χ1n) is 8.36. The van der Waals surface area contributed by atoms with Crippen molar-refractivity contribution in [1.29, 1.82) is 0 Å². The lowest BCUT2D eigenvalue weighted by Gasteiger charge is -2.28. The van der Waals surface area contributed by atoms with E-state index < -0.39 is 0 Å². The third kappa shape index (κ3) is 4.59. The van der Waals surface area contributed by atoms with Gasteiger partial charge >= 0.3 is 6.03 Å². The lowest BCUT2D eigenvalue weighted by molar-refractivity contribution is -0.125. The van der Waals surface area contributed by atoms with Crippen molar-refractivity contribution in [2.75, 3.05) is 7.05 Å². The molecule has 0 unspecified atom stereocenters. The molecular formula is C17H26N4O3. The summed E-state index contributed by atoms with van der Waals surface area (Å²) in [6, 6.07) is 1.68. The Morgan fingerprint density at radius 2 is 1.88 bits per heavy atom. The van der Waals surface area contributed by atoms with E-state index in [4.69, 9.17) is 0 Å². The molecule has 4 N–H and O–H groups in total. The number of amides is 3. The van der Waals surface area contributed by atoms with Gasteiger partial charge in [-0.3, -0.25) is 9.59 Å². The number of aromatic amines is 1. The number of aryl methyl sites for hydroxylation is 2. The molecule has 1 fully saturated rings. The zero-order chi connectivity index (χ0) is 17.7. The number of hydrogen-bond donors (Lipinski definition) is 4. The molecule has 1 aliphatic rings. The molecule has 0 spiro atoms. The summed E-state index contributed by atoms with van der Waals surface area (Å²) >= 11 is 0. The molecule has 1 heterocycles. The van der Waals surface area contributed by atoms with Gasteiger partial charge < -0.3 is 20.9 Å². The topological polar surface area (TPSA) is 103 Å². The second kappa shape index (κ2) is 7.99. The van der Waals surface area contributed by atoms with Gasteiger partial charge in [-0.2, -0.15) is 0 Å². The van der Waals surface area contributed by atoms with Gasteiger partial charge in [-0.05, 0) is 51.2 Å². The number of urea groups is 1.